The minimum absolute atomic E-state index is 0.139. The van der Waals surface area contributed by atoms with E-state index in [1.54, 1.807) is 12.1 Å². The van der Waals surface area contributed by atoms with Crippen LogP contribution in [0.25, 0.3) is 0 Å². The molecule has 1 aliphatic heterocycles. The number of hydrogen-bond acceptors (Lipinski definition) is 2. The van der Waals surface area contributed by atoms with Crippen molar-refractivity contribution in [3.8, 4) is 0 Å². The predicted molar refractivity (Wildman–Crippen MR) is 67.3 cm³/mol. The number of fused-ring (bicyclic) bond motifs is 2. The lowest BCUT2D eigenvalue weighted by molar-refractivity contribution is 0.0692. The smallest absolute Gasteiger partial charge is 0.340 e. The third kappa shape index (κ3) is 1.62. The van der Waals surface area contributed by atoms with Crippen molar-refractivity contribution in [2.45, 2.75) is 16.2 Å². The molecule has 0 radical (unpaired) electrons. The fourth-order valence-corrected chi connectivity index (χ4v) is 3.79. The number of carboxylic acids is 1. The third-order valence-corrected chi connectivity index (χ3v) is 4.72. The van der Waals surface area contributed by atoms with Gasteiger partial charge in [0.15, 0.2) is 9.79 Å². The lowest BCUT2D eigenvalue weighted by atomic mass is 10.0. The van der Waals surface area contributed by atoms with E-state index >= 15 is 0 Å². The van der Waals surface area contributed by atoms with E-state index in [1.807, 2.05) is 24.3 Å². The van der Waals surface area contributed by atoms with Gasteiger partial charge < -0.3 is 9.66 Å². The van der Waals surface area contributed by atoms with Gasteiger partial charge in [-0.3, -0.25) is 0 Å². The molecule has 90 valence electrons. The van der Waals surface area contributed by atoms with Gasteiger partial charge in [0, 0.05) is 28.7 Å². The zero-order valence-corrected chi connectivity index (χ0v) is 10.2. The van der Waals surface area contributed by atoms with E-state index in [2.05, 4.69) is 0 Å². The van der Waals surface area contributed by atoms with Crippen molar-refractivity contribution >= 4 is 17.1 Å². The largest absolute Gasteiger partial charge is 0.606 e. The topological polar surface area (TPSA) is 60.4 Å². The van der Waals surface area contributed by atoms with Crippen LogP contribution in [-0.2, 0) is 17.6 Å². The van der Waals surface area contributed by atoms with Gasteiger partial charge in [0.25, 0.3) is 0 Å². The van der Waals surface area contributed by atoms with Crippen molar-refractivity contribution in [1.29, 1.82) is 0 Å². The van der Waals surface area contributed by atoms with Crippen molar-refractivity contribution in [3.63, 3.8) is 0 Å². The molecule has 18 heavy (non-hydrogen) atoms. The number of benzene rings is 2. The Morgan fingerprint density at radius 3 is 2.61 bits per heavy atom. The Labute approximate surface area is 107 Å². The Balaban J connectivity index is 2.23. The first-order valence-electron chi connectivity index (χ1n) is 5.53. The minimum Gasteiger partial charge on any atom is -0.606 e. The van der Waals surface area contributed by atoms with Crippen LogP contribution in [0.4, 0.5) is 0 Å². The summed E-state index contributed by atoms with van der Waals surface area (Å²) in [7, 11) is 0. The van der Waals surface area contributed by atoms with Gasteiger partial charge in [0.1, 0.15) is 5.56 Å². The van der Waals surface area contributed by atoms with Crippen LogP contribution >= 0.6 is 0 Å². The van der Waals surface area contributed by atoms with E-state index < -0.39 is 17.1 Å². The molecule has 0 saturated heterocycles. The highest BCUT2D eigenvalue weighted by Crippen LogP contribution is 2.36. The molecule has 0 amide bonds. The first-order valence-corrected chi connectivity index (χ1v) is 6.68. The van der Waals surface area contributed by atoms with Crippen molar-refractivity contribution in [2.75, 3.05) is 0 Å². The summed E-state index contributed by atoms with van der Waals surface area (Å²) in [6.45, 7) is 0. The van der Waals surface area contributed by atoms with E-state index in [0.29, 0.717) is 11.3 Å². The van der Waals surface area contributed by atoms with Gasteiger partial charge in [-0.1, -0.05) is 30.3 Å². The minimum atomic E-state index is -1.40. The van der Waals surface area contributed by atoms with Gasteiger partial charge >= 0.3 is 5.97 Å². The summed E-state index contributed by atoms with van der Waals surface area (Å²) in [5, 5.41) is 9.17. The van der Waals surface area contributed by atoms with Crippen molar-refractivity contribution < 1.29 is 14.5 Å². The summed E-state index contributed by atoms with van der Waals surface area (Å²) in [5.41, 5.74) is 1.98. The molecule has 2 aromatic rings. The molecule has 2 aromatic carbocycles. The van der Waals surface area contributed by atoms with Crippen molar-refractivity contribution in [2.24, 2.45) is 0 Å². The molecule has 0 aliphatic carbocycles. The Morgan fingerprint density at radius 2 is 1.83 bits per heavy atom. The molecule has 1 N–H and O–H groups in total. The highest BCUT2D eigenvalue weighted by atomic mass is 32.2. The van der Waals surface area contributed by atoms with Crippen LogP contribution in [-0.4, -0.2) is 15.6 Å². The van der Waals surface area contributed by atoms with E-state index in [0.717, 1.165) is 16.0 Å². The molecular weight excluding hydrogens is 248 g/mol. The van der Waals surface area contributed by atoms with Crippen LogP contribution in [0.3, 0.4) is 0 Å². The monoisotopic (exact) mass is 258 g/mol. The molecule has 0 fully saturated rings. The van der Waals surface area contributed by atoms with Gasteiger partial charge in [-0.2, -0.15) is 0 Å². The fraction of sp³-hybridized carbons (Fsp3) is 0.0714. The zero-order chi connectivity index (χ0) is 12.7. The molecule has 0 spiro atoms. The molecule has 1 aliphatic rings. The lowest BCUT2D eigenvalue weighted by Crippen LogP contribution is -2.18. The maximum Gasteiger partial charge on any atom is 0.340 e. The van der Waals surface area contributed by atoms with Gasteiger partial charge in [-0.05, 0) is 12.1 Å². The second-order valence-corrected chi connectivity index (χ2v) is 5.54. The second-order valence-electron chi connectivity index (χ2n) is 4.15. The molecule has 1 atom stereocenters. The molecule has 1 unspecified atom stereocenters. The molecule has 0 aromatic heterocycles. The summed E-state index contributed by atoms with van der Waals surface area (Å²) in [6.07, 6.45) is 0.637. The molecule has 3 rings (SSSR count). The first kappa shape index (κ1) is 11.3. The number of carbonyl (C=O) groups is 1. The average Bonchev–Trinajstić information content (AvgIpc) is 2.38. The molecule has 3 nitrogen and oxygen atoms in total. The van der Waals surface area contributed by atoms with Crippen molar-refractivity contribution in [1.82, 2.24) is 0 Å². The molecule has 0 bridgehead atoms. The highest BCUT2D eigenvalue weighted by molar-refractivity contribution is 7.91. The maximum absolute atomic E-state index is 12.5. The van der Waals surface area contributed by atoms with Crippen LogP contribution in [0.15, 0.2) is 52.3 Å². The fourth-order valence-electron chi connectivity index (χ4n) is 2.26. The molecule has 1 heterocycles. The normalized spacial score (nSPS) is 16.8. The SMILES string of the molecule is O=C(O)c1cccc2c1[S+]([O-])c1ccccc1C2. The van der Waals surface area contributed by atoms with Crippen LogP contribution in [0.1, 0.15) is 21.5 Å². The maximum atomic E-state index is 12.5. The Kier molecular flexibility index (Phi) is 2.61. The number of hydrogen-bond donors (Lipinski definition) is 1. The predicted octanol–water partition coefficient (Wildman–Crippen LogP) is 2.46. The summed E-state index contributed by atoms with van der Waals surface area (Å²) in [5.74, 6) is -1.03. The van der Waals surface area contributed by atoms with Crippen LogP contribution in [0, 0.1) is 0 Å². The summed E-state index contributed by atoms with van der Waals surface area (Å²) < 4.78 is 12.5. The van der Waals surface area contributed by atoms with Gasteiger partial charge in [0.2, 0.25) is 0 Å². The van der Waals surface area contributed by atoms with E-state index in [-0.39, 0.29) is 5.56 Å². The lowest BCUT2D eigenvalue weighted by Gasteiger charge is -2.22. The Hall–Kier alpha value is -1.78. The summed E-state index contributed by atoms with van der Waals surface area (Å²) in [4.78, 5) is 12.4. The number of carboxylic acid groups (broad SMARTS) is 1. The quantitative estimate of drug-likeness (QED) is 0.799. The molecule has 0 saturated carbocycles. The number of aromatic carboxylic acids is 1. The molecule has 4 heteroatoms. The van der Waals surface area contributed by atoms with Crippen molar-refractivity contribution in [3.05, 3.63) is 59.2 Å². The first-order chi connectivity index (χ1) is 8.68. The van der Waals surface area contributed by atoms with Gasteiger partial charge in [-0.15, -0.1) is 0 Å². The standard InChI is InChI=1S/C14H10O3S/c15-14(16)11-6-3-5-10-8-9-4-1-2-7-12(9)18(17)13(10)11/h1-7H,8H2,(H,15,16). The Bertz CT molecular complexity index is 637. The summed E-state index contributed by atoms with van der Waals surface area (Å²) >= 11 is -1.40. The number of rotatable bonds is 1. The Morgan fingerprint density at radius 1 is 1.11 bits per heavy atom. The van der Waals surface area contributed by atoms with Gasteiger partial charge in [-0.25, -0.2) is 4.79 Å². The highest BCUT2D eigenvalue weighted by Gasteiger charge is 2.32. The zero-order valence-electron chi connectivity index (χ0n) is 9.42. The summed E-state index contributed by atoms with van der Waals surface area (Å²) in [6, 6.07) is 12.5. The third-order valence-electron chi connectivity index (χ3n) is 3.07. The van der Waals surface area contributed by atoms with E-state index in [1.165, 1.54) is 6.07 Å². The van der Waals surface area contributed by atoms with Gasteiger partial charge in [0.05, 0.1) is 0 Å². The van der Waals surface area contributed by atoms with Crippen LogP contribution < -0.4 is 0 Å². The van der Waals surface area contributed by atoms with Crippen LogP contribution in [0.5, 0.6) is 0 Å². The average molecular weight is 258 g/mol. The van der Waals surface area contributed by atoms with Crippen LogP contribution in [0.2, 0.25) is 0 Å². The van der Waals surface area contributed by atoms with E-state index in [4.69, 9.17) is 0 Å². The van der Waals surface area contributed by atoms with E-state index in [9.17, 15) is 14.5 Å². The second kappa shape index (κ2) is 4.15. The molecular formula is C14H10O3S.